The number of hydrogen-bond acceptors (Lipinski definition) is 1. The molecule has 0 bridgehead atoms. The maximum Gasteiger partial charge on any atom is -0.00437 e. The molecule has 2 N–H and O–H groups in total. The fraction of sp³-hybridized carbons (Fsp3) is 1.00. The number of hydrogen-bond donors (Lipinski definition) is 1. The summed E-state index contributed by atoms with van der Waals surface area (Å²) in [6.07, 6.45) is 4.13. The molecule has 3 unspecified atom stereocenters. The molecule has 1 aliphatic rings. The lowest BCUT2D eigenvalue weighted by molar-refractivity contribution is 0.0188. The SMILES string of the molecule is CC1CCC1C(C)(C)CC(CN)C(C)(C)C. The first-order valence-electron chi connectivity index (χ1n) is 6.88. The highest BCUT2D eigenvalue weighted by atomic mass is 14.6. The Morgan fingerprint density at radius 1 is 1.12 bits per heavy atom. The lowest BCUT2D eigenvalue weighted by atomic mass is 9.57. The number of nitrogens with two attached hydrogens (primary N) is 1. The second-order valence-electron chi connectivity index (χ2n) is 7.65. The summed E-state index contributed by atoms with van der Waals surface area (Å²) in [5.74, 6) is 2.49. The minimum atomic E-state index is 0.346. The van der Waals surface area contributed by atoms with Crippen molar-refractivity contribution >= 4 is 0 Å². The highest BCUT2D eigenvalue weighted by Crippen LogP contribution is 2.50. The summed E-state index contributed by atoms with van der Waals surface area (Å²) in [6, 6.07) is 0. The van der Waals surface area contributed by atoms with Crippen LogP contribution >= 0.6 is 0 Å². The number of rotatable bonds is 4. The molecule has 0 aromatic carbocycles. The van der Waals surface area contributed by atoms with E-state index in [9.17, 15) is 0 Å². The van der Waals surface area contributed by atoms with Crippen LogP contribution in [0.25, 0.3) is 0 Å². The lowest BCUT2D eigenvalue weighted by Crippen LogP contribution is -2.41. The van der Waals surface area contributed by atoms with Gasteiger partial charge in [-0.05, 0) is 48.0 Å². The Labute approximate surface area is 102 Å². The molecule has 1 fully saturated rings. The average Bonchev–Trinajstić information content (AvgIpc) is 2.09. The maximum atomic E-state index is 5.96. The van der Waals surface area contributed by atoms with Gasteiger partial charge >= 0.3 is 0 Å². The molecule has 0 radical (unpaired) electrons. The zero-order chi connectivity index (χ0) is 12.6. The Balaban J connectivity index is 2.63. The summed E-state index contributed by atoms with van der Waals surface area (Å²) in [6.45, 7) is 15.1. The van der Waals surface area contributed by atoms with Crippen LogP contribution in [0.4, 0.5) is 0 Å². The Bertz CT molecular complexity index is 224. The third kappa shape index (κ3) is 3.00. The van der Waals surface area contributed by atoms with Crippen molar-refractivity contribution in [1.29, 1.82) is 0 Å². The molecule has 1 aliphatic carbocycles. The van der Waals surface area contributed by atoms with Crippen LogP contribution in [0.15, 0.2) is 0 Å². The molecule has 1 nitrogen and oxygen atoms in total. The van der Waals surface area contributed by atoms with Gasteiger partial charge < -0.3 is 5.73 Å². The Morgan fingerprint density at radius 3 is 1.94 bits per heavy atom. The molecule has 0 spiro atoms. The van der Waals surface area contributed by atoms with E-state index >= 15 is 0 Å². The van der Waals surface area contributed by atoms with Crippen molar-refractivity contribution in [3.63, 3.8) is 0 Å². The first-order chi connectivity index (χ1) is 7.18. The van der Waals surface area contributed by atoms with E-state index in [1.807, 2.05) is 0 Å². The van der Waals surface area contributed by atoms with Crippen molar-refractivity contribution in [2.75, 3.05) is 6.54 Å². The topological polar surface area (TPSA) is 26.0 Å². The molecule has 3 atom stereocenters. The minimum Gasteiger partial charge on any atom is -0.330 e. The van der Waals surface area contributed by atoms with Crippen molar-refractivity contribution in [1.82, 2.24) is 0 Å². The fourth-order valence-electron chi connectivity index (χ4n) is 3.36. The van der Waals surface area contributed by atoms with Crippen molar-refractivity contribution in [2.45, 2.75) is 60.8 Å². The highest BCUT2D eigenvalue weighted by molar-refractivity contribution is 4.92. The van der Waals surface area contributed by atoms with Gasteiger partial charge in [0.15, 0.2) is 0 Å². The molecular formula is C15H31N. The average molecular weight is 225 g/mol. The third-order valence-corrected chi connectivity index (χ3v) is 4.91. The van der Waals surface area contributed by atoms with Crippen LogP contribution in [0.1, 0.15) is 60.8 Å². The normalized spacial score (nSPS) is 28.7. The maximum absolute atomic E-state index is 5.96. The fourth-order valence-corrected chi connectivity index (χ4v) is 3.36. The first-order valence-corrected chi connectivity index (χ1v) is 6.88. The van der Waals surface area contributed by atoms with Gasteiger partial charge in [-0.3, -0.25) is 0 Å². The van der Waals surface area contributed by atoms with Gasteiger partial charge in [0.25, 0.3) is 0 Å². The smallest absolute Gasteiger partial charge is 0.00437 e. The quantitative estimate of drug-likeness (QED) is 0.767. The summed E-state index contributed by atoms with van der Waals surface area (Å²) in [5, 5.41) is 0. The monoisotopic (exact) mass is 225 g/mol. The van der Waals surface area contributed by atoms with Gasteiger partial charge in [-0.15, -0.1) is 0 Å². The van der Waals surface area contributed by atoms with Crippen LogP contribution in [0, 0.1) is 28.6 Å². The van der Waals surface area contributed by atoms with E-state index in [1.54, 1.807) is 0 Å². The predicted molar refractivity (Wildman–Crippen MR) is 72.3 cm³/mol. The van der Waals surface area contributed by atoms with Crippen LogP contribution in [0.5, 0.6) is 0 Å². The molecule has 0 aliphatic heterocycles. The van der Waals surface area contributed by atoms with Gasteiger partial charge in [-0.25, -0.2) is 0 Å². The van der Waals surface area contributed by atoms with Gasteiger partial charge in [-0.1, -0.05) is 48.0 Å². The van der Waals surface area contributed by atoms with Crippen molar-refractivity contribution in [2.24, 2.45) is 34.3 Å². The molecule has 0 aromatic rings. The highest BCUT2D eigenvalue weighted by Gasteiger charge is 2.41. The first kappa shape index (κ1) is 14.0. The standard InChI is InChI=1S/C15H31N/c1-11-7-8-13(11)15(5,6)9-12(10-16)14(2,3)4/h11-13H,7-10,16H2,1-6H3. The summed E-state index contributed by atoms with van der Waals surface area (Å²) in [7, 11) is 0. The molecule has 1 saturated carbocycles. The van der Waals surface area contributed by atoms with Crippen LogP contribution in [-0.4, -0.2) is 6.54 Å². The third-order valence-electron chi connectivity index (χ3n) is 4.91. The van der Waals surface area contributed by atoms with Crippen molar-refractivity contribution in [3.8, 4) is 0 Å². The largest absolute Gasteiger partial charge is 0.330 e. The molecule has 0 saturated heterocycles. The van der Waals surface area contributed by atoms with Gasteiger partial charge in [-0.2, -0.15) is 0 Å². The summed E-state index contributed by atoms with van der Waals surface area (Å²) >= 11 is 0. The van der Waals surface area contributed by atoms with Gasteiger partial charge in [0, 0.05) is 0 Å². The molecule has 96 valence electrons. The summed E-state index contributed by atoms with van der Waals surface area (Å²) in [5.41, 5.74) is 6.77. The van der Waals surface area contributed by atoms with Crippen LogP contribution < -0.4 is 5.73 Å². The molecule has 0 aromatic heterocycles. The van der Waals surface area contributed by atoms with Gasteiger partial charge in [0.2, 0.25) is 0 Å². The zero-order valence-corrected chi connectivity index (χ0v) is 12.1. The molecule has 1 heteroatoms. The molecule has 0 heterocycles. The second-order valence-corrected chi connectivity index (χ2v) is 7.65. The summed E-state index contributed by atoms with van der Waals surface area (Å²) < 4.78 is 0. The lowest BCUT2D eigenvalue weighted by Gasteiger charge is -2.48. The van der Waals surface area contributed by atoms with E-state index in [1.165, 1.54) is 19.3 Å². The van der Waals surface area contributed by atoms with Crippen molar-refractivity contribution in [3.05, 3.63) is 0 Å². The summed E-state index contributed by atoms with van der Waals surface area (Å²) in [4.78, 5) is 0. The minimum absolute atomic E-state index is 0.346. The van der Waals surface area contributed by atoms with Crippen LogP contribution in [0.2, 0.25) is 0 Å². The molecule has 1 rings (SSSR count). The Morgan fingerprint density at radius 2 is 1.69 bits per heavy atom. The van der Waals surface area contributed by atoms with E-state index < -0.39 is 0 Å². The van der Waals surface area contributed by atoms with E-state index in [4.69, 9.17) is 5.73 Å². The molecular weight excluding hydrogens is 194 g/mol. The van der Waals surface area contributed by atoms with E-state index in [-0.39, 0.29) is 0 Å². The zero-order valence-electron chi connectivity index (χ0n) is 12.1. The molecule has 0 amide bonds. The molecule has 16 heavy (non-hydrogen) atoms. The van der Waals surface area contributed by atoms with E-state index in [0.717, 1.165) is 18.4 Å². The Kier molecular flexibility index (Phi) is 4.10. The van der Waals surface area contributed by atoms with Gasteiger partial charge in [0.1, 0.15) is 0 Å². The van der Waals surface area contributed by atoms with Crippen LogP contribution in [0.3, 0.4) is 0 Å². The van der Waals surface area contributed by atoms with Gasteiger partial charge in [0.05, 0.1) is 0 Å². The predicted octanol–water partition coefficient (Wildman–Crippen LogP) is 4.07. The Hall–Kier alpha value is -0.0400. The second kappa shape index (κ2) is 4.68. The van der Waals surface area contributed by atoms with Crippen LogP contribution in [-0.2, 0) is 0 Å². The van der Waals surface area contributed by atoms with E-state index in [0.29, 0.717) is 16.7 Å². The van der Waals surface area contributed by atoms with E-state index in [2.05, 4.69) is 41.5 Å². The van der Waals surface area contributed by atoms with Crippen molar-refractivity contribution < 1.29 is 0 Å².